The van der Waals surface area contributed by atoms with Gasteiger partial charge in [0.1, 0.15) is 17.2 Å². The molecule has 1 aromatic heterocycles. The molecule has 1 N–H and O–H groups in total. The first-order valence-electron chi connectivity index (χ1n) is 10.5. The first kappa shape index (κ1) is 20.3. The number of fused-ring (bicyclic) bond motifs is 1. The van der Waals surface area contributed by atoms with E-state index < -0.39 is 0 Å². The SMILES string of the molecule is C[C@H]1CCc2c(sc(NC(=O)CN3CCN(C(=O)[C@H]4CCCO4)CC3)c2C#N)C1. The van der Waals surface area contributed by atoms with E-state index in [4.69, 9.17) is 4.74 Å². The summed E-state index contributed by atoms with van der Waals surface area (Å²) in [5.41, 5.74) is 1.78. The van der Waals surface area contributed by atoms with Gasteiger partial charge < -0.3 is 15.0 Å². The van der Waals surface area contributed by atoms with Crippen molar-refractivity contribution in [1.29, 1.82) is 5.26 Å². The molecular weight excluding hydrogens is 388 g/mol. The highest BCUT2D eigenvalue weighted by molar-refractivity contribution is 7.16. The summed E-state index contributed by atoms with van der Waals surface area (Å²) in [4.78, 5) is 30.2. The summed E-state index contributed by atoms with van der Waals surface area (Å²) in [6.45, 7) is 5.79. The van der Waals surface area contributed by atoms with Crippen molar-refractivity contribution in [2.24, 2.45) is 5.92 Å². The molecule has 1 aromatic rings. The second-order valence-corrected chi connectivity index (χ2v) is 9.42. The fraction of sp³-hybridized carbons (Fsp3) is 0.667. The van der Waals surface area contributed by atoms with Crippen molar-refractivity contribution < 1.29 is 14.3 Å². The van der Waals surface area contributed by atoms with E-state index in [1.807, 2.05) is 4.90 Å². The summed E-state index contributed by atoms with van der Waals surface area (Å²) >= 11 is 1.56. The number of hydrogen-bond acceptors (Lipinski definition) is 6. The van der Waals surface area contributed by atoms with Gasteiger partial charge in [0.25, 0.3) is 5.91 Å². The van der Waals surface area contributed by atoms with Crippen LogP contribution in [0, 0.1) is 17.2 Å². The van der Waals surface area contributed by atoms with Crippen LogP contribution in [-0.2, 0) is 27.2 Å². The number of piperazine rings is 1. The maximum Gasteiger partial charge on any atom is 0.251 e. The average molecular weight is 417 g/mol. The van der Waals surface area contributed by atoms with Crippen LogP contribution in [0.2, 0.25) is 0 Å². The van der Waals surface area contributed by atoms with E-state index in [0.717, 1.165) is 37.7 Å². The van der Waals surface area contributed by atoms with Crippen LogP contribution < -0.4 is 5.32 Å². The van der Waals surface area contributed by atoms with Crippen LogP contribution in [0.25, 0.3) is 0 Å². The number of anilines is 1. The van der Waals surface area contributed by atoms with E-state index >= 15 is 0 Å². The monoisotopic (exact) mass is 416 g/mol. The fourth-order valence-electron chi connectivity index (χ4n) is 4.43. The summed E-state index contributed by atoms with van der Waals surface area (Å²) in [6, 6.07) is 2.30. The molecule has 8 heteroatoms. The zero-order chi connectivity index (χ0) is 20.4. The van der Waals surface area contributed by atoms with Gasteiger partial charge in [-0.15, -0.1) is 11.3 Å². The minimum absolute atomic E-state index is 0.0867. The fourth-order valence-corrected chi connectivity index (χ4v) is 5.81. The molecule has 7 nitrogen and oxygen atoms in total. The van der Waals surface area contributed by atoms with E-state index in [1.165, 1.54) is 4.88 Å². The molecule has 0 aromatic carbocycles. The Morgan fingerprint density at radius 3 is 2.76 bits per heavy atom. The van der Waals surface area contributed by atoms with E-state index in [9.17, 15) is 14.9 Å². The number of ether oxygens (including phenoxy) is 1. The first-order chi connectivity index (χ1) is 14.0. The van der Waals surface area contributed by atoms with Gasteiger partial charge >= 0.3 is 0 Å². The lowest BCUT2D eigenvalue weighted by Crippen LogP contribution is -2.52. The molecule has 2 atom stereocenters. The van der Waals surface area contributed by atoms with Gasteiger partial charge in [-0.05, 0) is 43.6 Å². The highest BCUT2D eigenvalue weighted by Crippen LogP contribution is 2.39. The Labute approximate surface area is 175 Å². The molecule has 0 spiro atoms. The van der Waals surface area contributed by atoms with Gasteiger partial charge in [-0.1, -0.05) is 6.92 Å². The zero-order valence-electron chi connectivity index (χ0n) is 16.9. The van der Waals surface area contributed by atoms with E-state index in [0.29, 0.717) is 49.3 Å². The molecule has 0 radical (unpaired) electrons. The standard InChI is InChI=1S/C21H28N4O3S/c1-14-4-5-15-16(12-22)20(29-18(15)11-14)23-19(26)13-24-6-8-25(9-7-24)21(27)17-3-2-10-28-17/h14,17H,2-11,13H2,1H3,(H,23,26)/t14-,17+/m0/s1. The van der Waals surface area contributed by atoms with Gasteiger partial charge in [-0.2, -0.15) is 5.26 Å². The first-order valence-corrected chi connectivity index (χ1v) is 11.3. The lowest BCUT2D eigenvalue weighted by atomic mass is 9.89. The van der Waals surface area contributed by atoms with Crippen molar-refractivity contribution in [3.63, 3.8) is 0 Å². The number of hydrogen-bond donors (Lipinski definition) is 1. The molecule has 29 heavy (non-hydrogen) atoms. The molecule has 0 unspecified atom stereocenters. The molecule has 0 saturated carbocycles. The van der Waals surface area contributed by atoms with Gasteiger partial charge in [0.15, 0.2) is 0 Å². The largest absolute Gasteiger partial charge is 0.368 e. The number of carbonyl (C=O) groups excluding carboxylic acids is 2. The average Bonchev–Trinajstić information content (AvgIpc) is 3.35. The third-order valence-corrected chi connectivity index (χ3v) is 7.30. The number of amides is 2. The molecule has 3 aliphatic rings. The third kappa shape index (κ3) is 4.47. The molecule has 2 aliphatic heterocycles. The number of nitriles is 1. The Bertz CT molecular complexity index is 817. The lowest BCUT2D eigenvalue weighted by molar-refractivity contribution is -0.142. The van der Waals surface area contributed by atoms with Crippen molar-refractivity contribution in [1.82, 2.24) is 9.80 Å². The Morgan fingerprint density at radius 2 is 2.07 bits per heavy atom. The summed E-state index contributed by atoms with van der Waals surface area (Å²) in [5.74, 6) is 0.626. The maximum absolute atomic E-state index is 12.6. The van der Waals surface area contributed by atoms with Crippen molar-refractivity contribution in [3.8, 4) is 6.07 Å². The van der Waals surface area contributed by atoms with Crippen LogP contribution in [-0.4, -0.2) is 67.0 Å². The summed E-state index contributed by atoms with van der Waals surface area (Å²) < 4.78 is 5.49. The van der Waals surface area contributed by atoms with Gasteiger partial charge in [-0.3, -0.25) is 14.5 Å². The van der Waals surface area contributed by atoms with Gasteiger partial charge in [0.2, 0.25) is 5.91 Å². The van der Waals surface area contributed by atoms with Crippen LogP contribution in [0.3, 0.4) is 0 Å². The van der Waals surface area contributed by atoms with Crippen LogP contribution in [0.1, 0.15) is 42.2 Å². The van der Waals surface area contributed by atoms with Gasteiger partial charge in [0, 0.05) is 37.7 Å². The molecule has 1 aliphatic carbocycles. The molecule has 2 fully saturated rings. The van der Waals surface area contributed by atoms with Crippen molar-refractivity contribution in [3.05, 3.63) is 16.0 Å². The summed E-state index contributed by atoms with van der Waals surface area (Å²) in [7, 11) is 0. The maximum atomic E-state index is 12.6. The topological polar surface area (TPSA) is 85.7 Å². The smallest absolute Gasteiger partial charge is 0.251 e. The minimum Gasteiger partial charge on any atom is -0.368 e. The van der Waals surface area contributed by atoms with Crippen LogP contribution in [0.15, 0.2) is 0 Å². The molecule has 2 saturated heterocycles. The van der Waals surface area contributed by atoms with Gasteiger partial charge in [-0.25, -0.2) is 0 Å². The molecular formula is C21H28N4O3S. The van der Waals surface area contributed by atoms with Crippen molar-refractivity contribution in [2.45, 2.75) is 45.1 Å². The van der Waals surface area contributed by atoms with Crippen molar-refractivity contribution >= 4 is 28.2 Å². The van der Waals surface area contributed by atoms with E-state index in [2.05, 4.69) is 23.2 Å². The highest BCUT2D eigenvalue weighted by atomic mass is 32.1. The lowest BCUT2D eigenvalue weighted by Gasteiger charge is -2.35. The molecule has 3 heterocycles. The third-order valence-electron chi connectivity index (χ3n) is 6.13. The van der Waals surface area contributed by atoms with Crippen LogP contribution in [0.5, 0.6) is 0 Å². The molecule has 156 valence electrons. The van der Waals surface area contributed by atoms with Crippen LogP contribution >= 0.6 is 11.3 Å². The Kier molecular flexibility index (Phi) is 6.18. The molecule has 4 rings (SSSR count). The normalized spacial score (nSPS) is 24.8. The number of carbonyl (C=O) groups is 2. The highest BCUT2D eigenvalue weighted by Gasteiger charge is 2.31. The number of thiophene rings is 1. The summed E-state index contributed by atoms with van der Waals surface area (Å²) in [5, 5.41) is 13.3. The number of nitrogens with one attached hydrogen (secondary N) is 1. The molecule has 0 bridgehead atoms. The zero-order valence-corrected chi connectivity index (χ0v) is 17.7. The van der Waals surface area contributed by atoms with E-state index in [1.54, 1.807) is 11.3 Å². The second kappa shape index (κ2) is 8.82. The van der Waals surface area contributed by atoms with Crippen LogP contribution in [0.4, 0.5) is 5.00 Å². The second-order valence-electron chi connectivity index (χ2n) is 8.32. The summed E-state index contributed by atoms with van der Waals surface area (Å²) in [6.07, 6.45) is 4.50. The Morgan fingerprint density at radius 1 is 1.28 bits per heavy atom. The molecule has 2 amide bonds. The quantitative estimate of drug-likeness (QED) is 0.812. The van der Waals surface area contributed by atoms with Crippen molar-refractivity contribution in [2.75, 3.05) is 44.6 Å². The predicted octanol–water partition coefficient (Wildman–Crippen LogP) is 2.01. The minimum atomic E-state index is -0.276. The van der Waals surface area contributed by atoms with E-state index in [-0.39, 0.29) is 24.5 Å². The number of rotatable bonds is 4. The number of nitrogens with zero attached hydrogens (tertiary/aromatic N) is 3. The predicted molar refractivity (Wildman–Crippen MR) is 111 cm³/mol. The Hall–Kier alpha value is -1.95. The van der Waals surface area contributed by atoms with Gasteiger partial charge in [0.05, 0.1) is 12.1 Å². The Balaban J connectivity index is 1.30.